The van der Waals surface area contributed by atoms with Crippen LogP contribution in [0, 0.1) is 18.3 Å². The molecule has 3 aliphatic rings. The Kier molecular flexibility index (Phi) is 8.52. The summed E-state index contributed by atoms with van der Waals surface area (Å²) in [6, 6.07) is 1.95. The van der Waals surface area contributed by atoms with Gasteiger partial charge < -0.3 is 40.4 Å². The van der Waals surface area contributed by atoms with Crippen molar-refractivity contribution in [2.24, 2.45) is 17.1 Å². The number of rotatable bonds is 10. The van der Waals surface area contributed by atoms with Crippen LogP contribution in [0.4, 0.5) is 4.79 Å². The van der Waals surface area contributed by atoms with E-state index >= 15 is 0 Å². The third kappa shape index (κ3) is 4.96. The van der Waals surface area contributed by atoms with Crippen LogP contribution < -0.4 is 5.73 Å². The number of benzene rings is 1. The quantitative estimate of drug-likeness (QED) is 0.192. The topological polar surface area (TPSA) is 206 Å². The molecular weight excluding hydrogens is 552 g/mol. The molecule has 13 nitrogen and oxygen atoms in total. The van der Waals surface area contributed by atoms with Gasteiger partial charge in [-0.1, -0.05) is 6.07 Å². The van der Waals surface area contributed by atoms with Gasteiger partial charge in [-0.05, 0) is 58.0 Å². The van der Waals surface area contributed by atoms with Gasteiger partial charge in [0, 0.05) is 11.3 Å². The molecule has 13 heteroatoms. The highest BCUT2D eigenvalue weighted by Crippen LogP contribution is 2.58. The zero-order valence-corrected chi connectivity index (χ0v) is 23.9. The van der Waals surface area contributed by atoms with E-state index in [1.807, 2.05) is 0 Å². The first kappa shape index (κ1) is 31.2. The molecule has 0 spiro atoms. The van der Waals surface area contributed by atoms with Crippen molar-refractivity contribution in [1.82, 2.24) is 4.90 Å². The van der Waals surface area contributed by atoms with Crippen molar-refractivity contribution in [3.05, 3.63) is 51.5 Å². The smallest absolute Gasteiger partial charge is 0.404 e. The van der Waals surface area contributed by atoms with Crippen molar-refractivity contribution < 1.29 is 53.8 Å². The van der Waals surface area contributed by atoms with E-state index in [2.05, 4.69) is 4.74 Å². The Morgan fingerprint density at radius 2 is 1.71 bits per heavy atom. The molecule has 0 saturated carbocycles. The van der Waals surface area contributed by atoms with Gasteiger partial charge in [-0.2, -0.15) is 0 Å². The molecule has 4 atom stereocenters. The molecule has 1 aromatic rings. The predicted molar refractivity (Wildman–Crippen MR) is 146 cm³/mol. The summed E-state index contributed by atoms with van der Waals surface area (Å²) in [5, 5.41) is 45.4. The van der Waals surface area contributed by atoms with Crippen LogP contribution in [0.3, 0.4) is 0 Å². The number of fused-ring (bicyclic) bond motifs is 3. The van der Waals surface area contributed by atoms with Crippen molar-refractivity contribution in [2.45, 2.75) is 38.3 Å². The number of Topliss-reactive ketones (excluding diaryl/α,β-unsaturated/α-hetero) is 3. The summed E-state index contributed by atoms with van der Waals surface area (Å²) in [6.45, 7) is 2.83. The molecule has 0 radical (unpaired) electrons. The van der Waals surface area contributed by atoms with E-state index in [-0.39, 0.29) is 62.8 Å². The van der Waals surface area contributed by atoms with E-state index in [9.17, 15) is 39.6 Å². The lowest BCUT2D eigenvalue weighted by molar-refractivity contribution is -0.152. The molecule has 42 heavy (non-hydrogen) atoms. The van der Waals surface area contributed by atoms with Gasteiger partial charge in [0.2, 0.25) is 5.78 Å². The molecule has 0 unspecified atom stereocenters. The van der Waals surface area contributed by atoms with Crippen molar-refractivity contribution in [1.29, 1.82) is 0 Å². The summed E-state index contributed by atoms with van der Waals surface area (Å²) in [7, 11) is 3.19. The number of hydrogen-bond acceptors (Lipinski definition) is 12. The van der Waals surface area contributed by atoms with E-state index in [4.69, 9.17) is 15.2 Å². The van der Waals surface area contributed by atoms with Crippen LogP contribution in [0.15, 0.2) is 34.8 Å². The van der Waals surface area contributed by atoms with Gasteiger partial charge in [0.05, 0.1) is 43.6 Å². The minimum Gasteiger partial charge on any atom is -0.510 e. The third-order valence-corrected chi connectivity index (χ3v) is 8.39. The van der Waals surface area contributed by atoms with Crippen LogP contribution in [0.5, 0.6) is 5.75 Å². The molecule has 0 bridgehead atoms. The first-order chi connectivity index (χ1) is 19.7. The zero-order valence-electron chi connectivity index (χ0n) is 23.9. The molecular formula is C29H36N2O11. The van der Waals surface area contributed by atoms with Crippen molar-refractivity contribution >= 4 is 23.4 Å². The van der Waals surface area contributed by atoms with E-state index in [1.165, 1.54) is 11.0 Å². The van der Waals surface area contributed by atoms with Crippen LogP contribution >= 0.6 is 0 Å². The summed E-state index contributed by atoms with van der Waals surface area (Å²) in [6.07, 6.45) is -0.922. The number of aliphatic hydroxyl groups excluding tert-OH is 2. The maximum absolute atomic E-state index is 14.0. The fourth-order valence-electron chi connectivity index (χ4n) is 6.56. The summed E-state index contributed by atoms with van der Waals surface area (Å²) in [4.78, 5) is 52.3. The van der Waals surface area contributed by atoms with Crippen molar-refractivity contribution in [3.63, 3.8) is 0 Å². The molecule has 0 heterocycles. The number of carbonyl (C=O) groups is 4. The van der Waals surface area contributed by atoms with Gasteiger partial charge in [-0.25, -0.2) is 4.79 Å². The summed E-state index contributed by atoms with van der Waals surface area (Å²) in [5.74, 6) is -5.73. The number of phenols is 1. The van der Waals surface area contributed by atoms with Gasteiger partial charge in [-0.3, -0.25) is 19.3 Å². The Morgan fingerprint density at radius 1 is 1.07 bits per heavy atom. The standard InChI is InChI=1S/C29H36N2O11/c1-14-5-6-18(33)20-16(14)11-28(13-41-8-7-40-9-10-42-27(30)38)12-17-22(31(3)4)24(35)19(15(2)32)25(36)29(17,39)26(37)21(28)23(20)34/h5-6,17,22,33,35,37,39H,7-13H2,1-4H3,(H2,30,38)/t17-,22-,28-,29+/m0/s1. The van der Waals surface area contributed by atoms with E-state index in [1.54, 1.807) is 27.1 Å². The molecule has 4 rings (SSSR count). The zero-order chi connectivity index (χ0) is 31.1. The number of nitrogens with two attached hydrogens (primary N) is 1. The Bertz CT molecular complexity index is 1400. The Balaban J connectivity index is 1.80. The first-order valence-corrected chi connectivity index (χ1v) is 13.4. The van der Waals surface area contributed by atoms with Gasteiger partial charge in [-0.15, -0.1) is 0 Å². The molecule has 0 aliphatic heterocycles. The van der Waals surface area contributed by atoms with E-state index in [0.29, 0.717) is 11.1 Å². The van der Waals surface area contributed by atoms with Gasteiger partial charge >= 0.3 is 6.09 Å². The molecule has 228 valence electrons. The highest BCUT2D eigenvalue weighted by Gasteiger charge is 2.66. The van der Waals surface area contributed by atoms with Gasteiger partial charge in [0.15, 0.2) is 17.2 Å². The van der Waals surface area contributed by atoms with E-state index in [0.717, 1.165) is 6.92 Å². The van der Waals surface area contributed by atoms with Crippen LogP contribution in [0.2, 0.25) is 0 Å². The normalized spacial score (nSPS) is 27.1. The Morgan fingerprint density at radius 3 is 2.33 bits per heavy atom. The molecule has 1 aromatic carbocycles. The molecule has 0 saturated heterocycles. The molecule has 3 aliphatic carbocycles. The number of aromatic hydroxyl groups is 1. The largest absolute Gasteiger partial charge is 0.510 e. The molecule has 0 fully saturated rings. The summed E-state index contributed by atoms with van der Waals surface area (Å²) < 4.78 is 15.9. The van der Waals surface area contributed by atoms with Crippen LogP contribution in [-0.2, 0) is 30.2 Å². The van der Waals surface area contributed by atoms with Crippen LogP contribution in [0.1, 0.15) is 34.8 Å². The number of likely N-dealkylation sites (N-methyl/N-ethyl adjacent to an activating group) is 1. The summed E-state index contributed by atoms with van der Waals surface area (Å²) in [5.41, 5.74) is 1.17. The van der Waals surface area contributed by atoms with Crippen molar-refractivity contribution in [2.75, 3.05) is 47.1 Å². The second-order valence-corrected chi connectivity index (χ2v) is 11.2. The monoisotopic (exact) mass is 588 g/mol. The van der Waals surface area contributed by atoms with Crippen LogP contribution in [0.25, 0.3) is 0 Å². The third-order valence-electron chi connectivity index (χ3n) is 8.39. The maximum atomic E-state index is 14.0. The van der Waals surface area contributed by atoms with Crippen molar-refractivity contribution in [3.8, 4) is 5.75 Å². The number of carbonyl (C=O) groups excluding carboxylic acids is 4. The lowest BCUT2D eigenvalue weighted by atomic mass is 9.52. The van der Waals surface area contributed by atoms with Gasteiger partial charge in [0.1, 0.15) is 29.4 Å². The number of phenolic OH excluding ortho intramolecular Hbond substituents is 1. The lowest BCUT2D eigenvalue weighted by Gasteiger charge is -2.54. The number of aryl methyl sites for hydroxylation is 1. The number of ether oxygens (including phenoxy) is 3. The second-order valence-electron chi connectivity index (χ2n) is 11.2. The summed E-state index contributed by atoms with van der Waals surface area (Å²) >= 11 is 0. The average Bonchev–Trinajstić information content (AvgIpc) is 2.89. The number of hydrogen-bond donors (Lipinski definition) is 5. The van der Waals surface area contributed by atoms with E-state index < -0.39 is 63.5 Å². The number of ketones is 3. The number of aliphatic hydroxyl groups is 3. The fourth-order valence-corrected chi connectivity index (χ4v) is 6.56. The minimum atomic E-state index is -2.70. The molecule has 6 N–H and O–H groups in total. The maximum Gasteiger partial charge on any atom is 0.404 e. The fraction of sp³-hybridized carbons (Fsp3) is 0.517. The predicted octanol–water partition coefficient (Wildman–Crippen LogP) is 1.03. The lowest BCUT2D eigenvalue weighted by Crippen LogP contribution is -2.65. The average molecular weight is 589 g/mol. The SMILES string of the molecule is CC(=O)C1=C(O)[C@@H](N(C)C)[C@@H]2C[C@]3(COCCOCCOC(N)=O)Cc4c(C)ccc(O)c4C(=O)C3=C(O)[C@]2(O)C1=O. The first-order valence-electron chi connectivity index (χ1n) is 13.4. The highest BCUT2D eigenvalue weighted by molar-refractivity contribution is 6.25. The number of amides is 1. The molecule has 1 amide bonds. The Hall–Kier alpha value is -3.78. The number of nitrogens with zero attached hydrogens (tertiary/aromatic N) is 1. The number of primary amides is 1. The Labute approximate surface area is 242 Å². The highest BCUT2D eigenvalue weighted by atomic mass is 16.6. The molecule has 0 aromatic heterocycles. The second kappa shape index (κ2) is 11.5. The minimum absolute atomic E-state index is 0.0387. The van der Waals surface area contributed by atoms with Crippen LogP contribution in [-0.4, -0.2) is 108 Å². The van der Waals surface area contributed by atoms with Gasteiger partial charge in [0.25, 0.3) is 0 Å².